The summed E-state index contributed by atoms with van der Waals surface area (Å²) in [6, 6.07) is 7.08. The van der Waals surface area contributed by atoms with E-state index in [1.54, 1.807) is 30.5 Å². The summed E-state index contributed by atoms with van der Waals surface area (Å²) in [6.45, 7) is 5.07. The Morgan fingerprint density at radius 2 is 2.22 bits per heavy atom. The molecular formula is C19H21N5O3. The van der Waals surface area contributed by atoms with Crippen LogP contribution in [-0.2, 0) is 6.54 Å². The van der Waals surface area contributed by atoms with E-state index in [4.69, 9.17) is 0 Å². The van der Waals surface area contributed by atoms with Crippen molar-refractivity contribution >= 4 is 11.6 Å². The maximum Gasteiger partial charge on any atom is 0.439 e. The van der Waals surface area contributed by atoms with Gasteiger partial charge in [-0.3, -0.25) is 19.0 Å². The first-order chi connectivity index (χ1) is 13.0. The van der Waals surface area contributed by atoms with Gasteiger partial charge in [0.1, 0.15) is 0 Å². The summed E-state index contributed by atoms with van der Waals surface area (Å²) in [7, 11) is 0. The second kappa shape index (κ2) is 6.86. The van der Waals surface area contributed by atoms with Crippen LogP contribution >= 0.6 is 0 Å². The number of H-pyrrole nitrogens is 1. The number of nitrogens with one attached hydrogen (secondary N) is 2. The number of carbonyl (C=O) groups excluding carboxylic acids is 1. The first-order valence-electron chi connectivity index (χ1n) is 9.04. The molecule has 2 aromatic heterocycles. The Morgan fingerprint density at radius 3 is 2.89 bits per heavy atom. The molecule has 0 saturated heterocycles. The highest BCUT2D eigenvalue weighted by Gasteiger charge is 2.32. The molecule has 8 heteroatoms. The number of hydrogen-bond acceptors (Lipinski definition) is 5. The van der Waals surface area contributed by atoms with Gasteiger partial charge in [0.05, 0.1) is 17.5 Å². The fourth-order valence-corrected chi connectivity index (χ4v) is 3.15. The standard InChI is InChI=1S/C19H21N5O3/c1-11(2)10-24-16(12-6-7-12)15(9-20-24)18(25)21-14-5-3-4-13(8-14)17-22-19(26)27-23-17/h3-5,8-9,11-12H,6-7,10H2,1-2H3,(H,21,25)(H,22,23,26). The summed E-state index contributed by atoms with van der Waals surface area (Å²) < 4.78 is 6.50. The van der Waals surface area contributed by atoms with Gasteiger partial charge < -0.3 is 5.32 Å². The first kappa shape index (κ1) is 17.3. The quantitative estimate of drug-likeness (QED) is 0.697. The van der Waals surface area contributed by atoms with Gasteiger partial charge in [-0.2, -0.15) is 5.10 Å². The average Bonchev–Trinajstić information content (AvgIpc) is 3.23. The number of anilines is 1. The largest absolute Gasteiger partial charge is 0.439 e. The number of amides is 1. The van der Waals surface area contributed by atoms with Gasteiger partial charge in [-0.05, 0) is 30.9 Å². The zero-order valence-electron chi connectivity index (χ0n) is 15.2. The lowest BCUT2D eigenvalue weighted by atomic mass is 10.1. The smallest absolute Gasteiger partial charge is 0.322 e. The predicted molar refractivity (Wildman–Crippen MR) is 99.6 cm³/mol. The van der Waals surface area contributed by atoms with Crippen LogP contribution in [0.3, 0.4) is 0 Å². The van der Waals surface area contributed by atoms with Gasteiger partial charge in [-0.25, -0.2) is 4.79 Å². The fourth-order valence-electron chi connectivity index (χ4n) is 3.15. The number of hydrogen-bond donors (Lipinski definition) is 2. The Labute approximate surface area is 155 Å². The monoisotopic (exact) mass is 367 g/mol. The SMILES string of the molecule is CC(C)Cn1ncc(C(=O)Nc2cccc(-c3noc(=O)[nH]3)c2)c1C1CC1. The summed E-state index contributed by atoms with van der Waals surface area (Å²) in [5.74, 6) is 0.390. The molecule has 2 heterocycles. The Balaban J connectivity index is 1.58. The van der Waals surface area contributed by atoms with Crippen molar-refractivity contribution in [3.8, 4) is 11.4 Å². The van der Waals surface area contributed by atoms with E-state index >= 15 is 0 Å². The summed E-state index contributed by atoms with van der Waals surface area (Å²) >= 11 is 0. The molecule has 27 heavy (non-hydrogen) atoms. The Bertz CT molecular complexity index is 1030. The van der Waals surface area contributed by atoms with E-state index in [-0.39, 0.29) is 5.91 Å². The van der Waals surface area contributed by atoms with E-state index in [0.29, 0.717) is 34.5 Å². The van der Waals surface area contributed by atoms with Crippen molar-refractivity contribution in [2.45, 2.75) is 39.2 Å². The van der Waals surface area contributed by atoms with Crippen LogP contribution in [-0.4, -0.2) is 25.8 Å². The minimum absolute atomic E-state index is 0.183. The molecule has 3 aromatic rings. The molecule has 0 radical (unpaired) electrons. The normalized spacial score (nSPS) is 13.9. The lowest BCUT2D eigenvalue weighted by Gasteiger charge is -2.11. The fraction of sp³-hybridized carbons (Fsp3) is 0.368. The Kier molecular flexibility index (Phi) is 4.39. The van der Waals surface area contributed by atoms with Crippen molar-refractivity contribution in [1.29, 1.82) is 0 Å². The number of nitrogens with zero attached hydrogens (tertiary/aromatic N) is 3. The number of aromatic nitrogens is 4. The predicted octanol–water partition coefficient (Wildman–Crippen LogP) is 3.01. The zero-order valence-corrected chi connectivity index (χ0v) is 15.2. The van der Waals surface area contributed by atoms with Crippen LogP contribution in [0.2, 0.25) is 0 Å². The summed E-state index contributed by atoms with van der Waals surface area (Å²) in [4.78, 5) is 26.5. The minimum atomic E-state index is -0.619. The number of rotatable bonds is 6. The molecule has 0 bridgehead atoms. The van der Waals surface area contributed by atoms with Crippen LogP contribution in [0.4, 0.5) is 5.69 Å². The molecule has 140 valence electrons. The molecule has 0 unspecified atom stereocenters. The van der Waals surface area contributed by atoms with Crippen molar-refractivity contribution in [1.82, 2.24) is 19.9 Å². The zero-order chi connectivity index (χ0) is 19.0. The third kappa shape index (κ3) is 3.69. The molecule has 0 atom stereocenters. The molecule has 1 amide bonds. The summed E-state index contributed by atoms with van der Waals surface area (Å²) in [5, 5.41) is 11.0. The second-order valence-electron chi connectivity index (χ2n) is 7.27. The van der Waals surface area contributed by atoms with Gasteiger partial charge in [-0.1, -0.05) is 31.1 Å². The van der Waals surface area contributed by atoms with Gasteiger partial charge in [-0.15, -0.1) is 0 Å². The van der Waals surface area contributed by atoms with E-state index in [1.807, 2.05) is 4.68 Å². The Hall–Kier alpha value is -3.16. The molecule has 1 fully saturated rings. The van der Waals surface area contributed by atoms with Gasteiger partial charge in [0, 0.05) is 23.7 Å². The van der Waals surface area contributed by atoms with Crippen LogP contribution in [0.15, 0.2) is 39.8 Å². The second-order valence-corrected chi connectivity index (χ2v) is 7.27. The van der Waals surface area contributed by atoms with E-state index in [1.165, 1.54) is 0 Å². The highest BCUT2D eigenvalue weighted by atomic mass is 16.5. The highest BCUT2D eigenvalue weighted by molar-refractivity contribution is 6.05. The first-order valence-corrected chi connectivity index (χ1v) is 9.04. The van der Waals surface area contributed by atoms with Crippen LogP contribution in [0, 0.1) is 5.92 Å². The third-order valence-corrected chi connectivity index (χ3v) is 4.46. The maximum atomic E-state index is 12.9. The van der Waals surface area contributed by atoms with Crippen LogP contribution < -0.4 is 11.1 Å². The molecule has 4 rings (SSSR count). The molecule has 1 aliphatic carbocycles. The van der Waals surface area contributed by atoms with Gasteiger partial charge >= 0.3 is 5.76 Å². The van der Waals surface area contributed by atoms with Gasteiger partial charge in [0.25, 0.3) is 5.91 Å². The topological polar surface area (TPSA) is 106 Å². The van der Waals surface area contributed by atoms with E-state index in [0.717, 1.165) is 25.1 Å². The van der Waals surface area contributed by atoms with Gasteiger partial charge in [0.2, 0.25) is 0 Å². The lowest BCUT2D eigenvalue weighted by Crippen LogP contribution is -2.15. The van der Waals surface area contributed by atoms with Gasteiger partial charge in [0.15, 0.2) is 5.82 Å². The molecule has 2 N–H and O–H groups in total. The molecule has 1 aliphatic rings. The maximum absolute atomic E-state index is 12.9. The molecule has 1 saturated carbocycles. The summed E-state index contributed by atoms with van der Waals surface area (Å²) in [5.41, 5.74) is 2.91. The van der Waals surface area contributed by atoms with E-state index in [9.17, 15) is 9.59 Å². The average molecular weight is 367 g/mol. The van der Waals surface area contributed by atoms with Crippen molar-refractivity contribution in [3.05, 3.63) is 52.3 Å². The Morgan fingerprint density at radius 1 is 1.41 bits per heavy atom. The molecular weight excluding hydrogens is 346 g/mol. The minimum Gasteiger partial charge on any atom is -0.322 e. The van der Waals surface area contributed by atoms with Crippen molar-refractivity contribution in [2.75, 3.05) is 5.32 Å². The highest BCUT2D eigenvalue weighted by Crippen LogP contribution is 2.42. The number of carbonyl (C=O) groups is 1. The van der Waals surface area contributed by atoms with Crippen molar-refractivity contribution in [3.63, 3.8) is 0 Å². The molecule has 1 aromatic carbocycles. The number of benzene rings is 1. The van der Waals surface area contributed by atoms with E-state index in [2.05, 4.69) is 38.9 Å². The lowest BCUT2D eigenvalue weighted by molar-refractivity contribution is 0.102. The van der Waals surface area contributed by atoms with Crippen LogP contribution in [0.25, 0.3) is 11.4 Å². The third-order valence-electron chi connectivity index (χ3n) is 4.46. The van der Waals surface area contributed by atoms with Crippen molar-refractivity contribution < 1.29 is 9.32 Å². The molecule has 8 nitrogen and oxygen atoms in total. The molecule has 0 aliphatic heterocycles. The number of aromatic amines is 1. The summed E-state index contributed by atoms with van der Waals surface area (Å²) in [6.07, 6.45) is 3.85. The van der Waals surface area contributed by atoms with Crippen LogP contribution in [0.1, 0.15) is 48.7 Å². The van der Waals surface area contributed by atoms with E-state index < -0.39 is 5.76 Å². The van der Waals surface area contributed by atoms with Crippen molar-refractivity contribution in [2.24, 2.45) is 5.92 Å². The van der Waals surface area contributed by atoms with Crippen LogP contribution in [0.5, 0.6) is 0 Å². The molecule has 0 spiro atoms.